The van der Waals surface area contributed by atoms with E-state index < -0.39 is 11.8 Å². The minimum atomic E-state index is -0.564. The fourth-order valence-corrected chi connectivity index (χ4v) is 2.69. The summed E-state index contributed by atoms with van der Waals surface area (Å²) in [7, 11) is 1.51. The Labute approximate surface area is 170 Å². The summed E-state index contributed by atoms with van der Waals surface area (Å²) in [6.07, 6.45) is 1.48. The van der Waals surface area contributed by atoms with E-state index in [9.17, 15) is 9.59 Å². The Morgan fingerprint density at radius 1 is 1.14 bits per heavy atom. The minimum absolute atomic E-state index is 0.215. The van der Waals surface area contributed by atoms with Crippen LogP contribution >= 0.6 is 15.9 Å². The molecule has 0 saturated carbocycles. The van der Waals surface area contributed by atoms with Gasteiger partial charge < -0.3 is 19.9 Å². The molecule has 0 aliphatic heterocycles. The molecule has 9 heteroatoms. The Balaban J connectivity index is 2.01. The molecule has 0 aromatic heterocycles. The monoisotopic (exact) mass is 449 g/mol. The van der Waals surface area contributed by atoms with E-state index in [1.165, 1.54) is 13.3 Å². The third kappa shape index (κ3) is 5.98. The lowest BCUT2D eigenvalue weighted by molar-refractivity contribution is -0.119. The van der Waals surface area contributed by atoms with Gasteiger partial charge in [-0.05, 0) is 64.8 Å². The van der Waals surface area contributed by atoms with Crippen molar-refractivity contribution >= 4 is 34.0 Å². The Kier molecular flexibility index (Phi) is 7.82. The van der Waals surface area contributed by atoms with Crippen LogP contribution < -0.4 is 25.4 Å². The van der Waals surface area contributed by atoms with Crippen molar-refractivity contribution in [1.82, 2.24) is 5.43 Å². The fourth-order valence-electron chi connectivity index (χ4n) is 2.18. The summed E-state index contributed by atoms with van der Waals surface area (Å²) >= 11 is 3.34. The second-order valence-electron chi connectivity index (χ2n) is 5.44. The molecule has 0 saturated heterocycles. The molecule has 28 heavy (non-hydrogen) atoms. The molecule has 2 aromatic carbocycles. The number of carbonyl (C=O) groups excluding carboxylic acids is 2. The minimum Gasteiger partial charge on any atom is -0.493 e. The van der Waals surface area contributed by atoms with E-state index in [0.29, 0.717) is 39.5 Å². The Morgan fingerprint density at radius 3 is 2.54 bits per heavy atom. The molecule has 0 aliphatic rings. The summed E-state index contributed by atoms with van der Waals surface area (Å²) in [5.74, 6) is 0.549. The predicted octanol–water partition coefficient (Wildman–Crippen LogP) is 2.48. The van der Waals surface area contributed by atoms with Gasteiger partial charge in [0.15, 0.2) is 18.1 Å². The second-order valence-corrected chi connectivity index (χ2v) is 6.30. The van der Waals surface area contributed by atoms with Gasteiger partial charge in [0.2, 0.25) is 0 Å². The van der Waals surface area contributed by atoms with Crippen molar-refractivity contribution in [3.8, 4) is 17.2 Å². The van der Waals surface area contributed by atoms with E-state index in [-0.39, 0.29) is 6.61 Å². The number of hydrogen-bond donors (Lipinski definition) is 2. The highest BCUT2D eigenvalue weighted by Crippen LogP contribution is 2.28. The number of nitrogens with two attached hydrogens (primary N) is 1. The van der Waals surface area contributed by atoms with Crippen LogP contribution in [0.1, 0.15) is 22.8 Å². The van der Waals surface area contributed by atoms with Gasteiger partial charge in [-0.15, -0.1) is 0 Å². The summed E-state index contributed by atoms with van der Waals surface area (Å²) in [6, 6.07) is 9.98. The van der Waals surface area contributed by atoms with Gasteiger partial charge in [-0.1, -0.05) is 0 Å². The van der Waals surface area contributed by atoms with E-state index in [1.54, 1.807) is 36.4 Å². The molecule has 8 nitrogen and oxygen atoms in total. The van der Waals surface area contributed by atoms with Crippen LogP contribution in [0.25, 0.3) is 0 Å². The third-order valence-corrected chi connectivity index (χ3v) is 4.05. The second kappa shape index (κ2) is 10.3. The third-order valence-electron chi connectivity index (χ3n) is 3.43. The maximum Gasteiger partial charge on any atom is 0.271 e. The zero-order chi connectivity index (χ0) is 20.5. The first kappa shape index (κ1) is 21.2. The van der Waals surface area contributed by atoms with Crippen LogP contribution in [0.5, 0.6) is 17.2 Å². The molecule has 0 fully saturated rings. The lowest BCUT2D eigenvalue weighted by atomic mass is 10.2. The highest BCUT2D eigenvalue weighted by atomic mass is 79.9. The Morgan fingerprint density at radius 2 is 1.89 bits per heavy atom. The van der Waals surface area contributed by atoms with E-state index in [0.717, 1.165) is 0 Å². The highest BCUT2D eigenvalue weighted by Gasteiger charge is 2.10. The molecule has 0 unspecified atom stereocenters. The number of carbonyl (C=O) groups is 2. The molecule has 2 aromatic rings. The lowest BCUT2D eigenvalue weighted by Gasteiger charge is -2.10. The molecule has 0 aliphatic carbocycles. The maximum absolute atomic E-state index is 12.2. The van der Waals surface area contributed by atoms with Gasteiger partial charge in [0.1, 0.15) is 5.75 Å². The van der Waals surface area contributed by atoms with E-state index in [4.69, 9.17) is 19.9 Å². The number of methoxy groups -OCH3 is 1. The van der Waals surface area contributed by atoms with Crippen LogP contribution in [0.15, 0.2) is 46.0 Å². The van der Waals surface area contributed by atoms with Crippen molar-refractivity contribution in [2.75, 3.05) is 20.3 Å². The molecule has 2 amide bonds. The molecule has 2 rings (SSSR count). The number of halogens is 1. The number of hydrogen-bond acceptors (Lipinski definition) is 6. The fraction of sp³-hybridized carbons (Fsp3) is 0.211. The Hall–Kier alpha value is -3.07. The van der Waals surface area contributed by atoms with Crippen molar-refractivity contribution in [3.05, 3.63) is 52.0 Å². The average molecular weight is 450 g/mol. The quantitative estimate of drug-likeness (QED) is 0.450. The molecule has 0 radical (unpaired) electrons. The van der Waals surface area contributed by atoms with Crippen molar-refractivity contribution in [3.63, 3.8) is 0 Å². The first-order valence-corrected chi connectivity index (χ1v) is 9.08. The molecule has 0 bridgehead atoms. The van der Waals surface area contributed by atoms with Gasteiger partial charge in [0.05, 0.1) is 24.4 Å². The van der Waals surface area contributed by atoms with Crippen molar-refractivity contribution < 1.29 is 23.8 Å². The molecule has 148 valence electrons. The maximum atomic E-state index is 12.2. The lowest BCUT2D eigenvalue weighted by Crippen LogP contribution is -2.20. The molecule has 0 spiro atoms. The summed E-state index contributed by atoms with van der Waals surface area (Å²) in [5, 5.41) is 3.94. The molecular weight excluding hydrogens is 430 g/mol. The average Bonchev–Trinajstić information content (AvgIpc) is 2.67. The normalized spacial score (nSPS) is 10.5. The topological polar surface area (TPSA) is 112 Å². The number of ether oxygens (including phenoxy) is 3. The molecule has 0 heterocycles. The van der Waals surface area contributed by atoms with Gasteiger partial charge in [-0.25, -0.2) is 5.43 Å². The predicted molar refractivity (Wildman–Crippen MR) is 108 cm³/mol. The van der Waals surface area contributed by atoms with Gasteiger partial charge >= 0.3 is 0 Å². The van der Waals surface area contributed by atoms with Crippen molar-refractivity contribution in [1.29, 1.82) is 0 Å². The first-order valence-electron chi connectivity index (χ1n) is 8.29. The smallest absolute Gasteiger partial charge is 0.271 e. The van der Waals surface area contributed by atoms with Crippen LogP contribution in [-0.2, 0) is 4.79 Å². The summed E-state index contributed by atoms with van der Waals surface area (Å²) < 4.78 is 16.5. The summed E-state index contributed by atoms with van der Waals surface area (Å²) in [5.41, 5.74) is 8.59. The standard InChI is InChI=1S/C19H20BrN3O5/c1-3-27-16-7-5-13(9-17(16)26-2)19(25)23-22-10-12-4-6-15(14(20)8-12)28-11-18(21)24/h4-10H,3,11H2,1-2H3,(H2,21,24)(H,23,25)/b22-10+. The summed E-state index contributed by atoms with van der Waals surface area (Å²) in [6.45, 7) is 2.14. The number of nitrogens with one attached hydrogen (secondary N) is 1. The number of primary amides is 1. The van der Waals surface area contributed by atoms with Gasteiger partial charge in [0, 0.05) is 5.56 Å². The van der Waals surface area contributed by atoms with Crippen LogP contribution in [0.3, 0.4) is 0 Å². The zero-order valence-electron chi connectivity index (χ0n) is 15.4. The highest BCUT2D eigenvalue weighted by molar-refractivity contribution is 9.10. The van der Waals surface area contributed by atoms with Crippen LogP contribution in [0, 0.1) is 0 Å². The van der Waals surface area contributed by atoms with Gasteiger partial charge in [0.25, 0.3) is 11.8 Å². The van der Waals surface area contributed by atoms with Crippen LogP contribution in [0.4, 0.5) is 0 Å². The van der Waals surface area contributed by atoms with Crippen LogP contribution in [-0.4, -0.2) is 38.4 Å². The van der Waals surface area contributed by atoms with Crippen LogP contribution in [0.2, 0.25) is 0 Å². The number of benzene rings is 2. The number of rotatable bonds is 9. The van der Waals surface area contributed by atoms with E-state index >= 15 is 0 Å². The number of amides is 2. The molecule has 3 N–H and O–H groups in total. The van der Waals surface area contributed by atoms with E-state index in [1.807, 2.05) is 6.92 Å². The van der Waals surface area contributed by atoms with Gasteiger partial charge in [-0.3, -0.25) is 9.59 Å². The van der Waals surface area contributed by atoms with Crippen molar-refractivity contribution in [2.45, 2.75) is 6.92 Å². The largest absolute Gasteiger partial charge is 0.493 e. The molecule has 0 atom stereocenters. The SMILES string of the molecule is CCOc1ccc(C(=O)N/N=C/c2ccc(OCC(N)=O)c(Br)c2)cc1OC. The summed E-state index contributed by atoms with van der Waals surface area (Å²) in [4.78, 5) is 23.0. The first-order chi connectivity index (χ1) is 13.4. The number of nitrogens with zero attached hydrogens (tertiary/aromatic N) is 1. The van der Waals surface area contributed by atoms with Gasteiger partial charge in [-0.2, -0.15) is 5.10 Å². The Bertz CT molecular complexity index is 886. The van der Waals surface area contributed by atoms with E-state index in [2.05, 4.69) is 26.5 Å². The zero-order valence-corrected chi connectivity index (χ0v) is 17.0. The number of hydrazone groups is 1. The van der Waals surface area contributed by atoms with Crippen molar-refractivity contribution in [2.24, 2.45) is 10.8 Å². The molecular formula is C19H20BrN3O5.